The van der Waals surface area contributed by atoms with Gasteiger partial charge < -0.3 is 0 Å². The van der Waals surface area contributed by atoms with Crippen LogP contribution in [0.4, 0.5) is 0 Å². The second kappa shape index (κ2) is 8.44. The Morgan fingerprint density at radius 2 is 2.00 bits per heavy atom. The number of benzene rings is 1. The first-order chi connectivity index (χ1) is 11.8. The first-order valence-electron chi connectivity index (χ1n) is 7.72. The molecule has 2 heterocycles. The zero-order valence-electron chi connectivity index (χ0n) is 13.0. The average molecular weight is 449 g/mol. The first kappa shape index (κ1) is 17.2. The monoisotopic (exact) mass is 449 g/mol. The molecular weight excluding hydrogens is 433 g/mol. The van der Waals surface area contributed by atoms with Gasteiger partial charge >= 0.3 is 0 Å². The highest BCUT2D eigenvalue weighted by atomic mass is 127. The number of hydrogen-bond acceptors (Lipinski definition) is 5. The highest BCUT2D eigenvalue weighted by Crippen LogP contribution is 2.22. The van der Waals surface area contributed by atoms with E-state index < -0.39 is 0 Å². The second-order valence-electron chi connectivity index (χ2n) is 5.32. The van der Waals surface area contributed by atoms with Crippen LogP contribution in [0.5, 0.6) is 0 Å². The van der Waals surface area contributed by atoms with Crippen molar-refractivity contribution in [1.29, 1.82) is 5.26 Å². The van der Waals surface area contributed by atoms with Crippen LogP contribution in [0.15, 0.2) is 41.7 Å². The van der Waals surface area contributed by atoms with Crippen LogP contribution < -0.4 is 0 Å². The van der Waals surface area contributed by atoms with Crippen LogP contribution in [0.2, 0.25) is 0 Å². The molecule has 0 aliphatic heterocycles. The Morgan fingerprint density at radius 1 is 1.17 bits per heavy atom. The molecule has 0 radical (unpaired) electrons. The van der Waals surface area contributed by atoms with Gasteiger partial charge in [-0.25, -0.2) is 4.98 Å². The van der Waals surface area contributed by atoms with Gasteiger partial charge in [-0.3, -0.25) is 0 Å². The molecule has 122 valence electrons. The fourth-order valence-electron chi connectivity index (χ4n) is 2.35. The smallest absolute Gasteiger partial charge is 0.196 e. The van der Waals surface area contributed by atoms with E-state index in [1.807, 2.05) is 24.4 Å². The van der Waals surface area contributed by atoms with E-state index in [1.165, 1.54) is 5.56 Å². The van der Waals surface area contributed by atoms with Crippen molar-refractivity contribution in [2.75, 3.05) is 0 Å². The van der Waals surface area contributed by atoms with Crippen LogP contribution in [-0.4, -0.2) is 19.6 Å². The predicted octanol–water partition coefficient (Wildman–Crippen LogP) is 4.26. The lowest BCUT2D eigenvalue weighted by molar-refractivity contribution is 0.752. The molecule has 0 aliphatic carbocycles. The predicted molar refractivity (Wildman–Crippen MR) is 103 cm³/mol. The normalized spacial score (nSPS) is 10.8. The molecule has 0 unspecified atom stereocenters. The van der Waals surface area contributed by atoms with E-state index in [0.29, 0.717) is 6.42 Å². The summed E-state index contributed by atoms with van der Waals surface area (Å²) in [6.45, 7) is 0. The number of hydrogen-bond donors (Lipinski definition) is 0. The molecule has 0 aliphatic rings. The SMILES string of the molecule is N#CCCCCc1cnn2c(I)nc(SCc3ccccc3)nc12. The third kappa shape index (κ3) is 4.24. The van der Waals surface area contributed by atoms with Crippen molar-refractivity contribution in [2.24, 2.45) is 0 Å². The Labute approximate surface area is 158 Å². The second-order valence-corrected chi connectivity index (χ2v) is 7.23. The van der Waals surface area contributed by atoms with Gasteiger partial charge in [0, 0.05) is 40.3 Å². The van der Waals surface area contributed by atoms with E-state index in [-0.39, 0.29) is 0 Å². The summed E-state index contributed by atoms with van der Waals surface area (Å²) < 4.78 is 2.60. The van der Waals surface area contributed by atoms with Crippen molar-refractivity contribution in [3.63, 3.8) is 0 Å². The van der Waals surface area contributed by atoms with E-state index in [9.17, 15) is 0 Å². The Bertz CT molecular complexity index is 857. The highest BCUT2D eigenvalue weighted by molar-refractivity contribution is 14.1. The topological polar surface area (TPSA) is 66.9 Å². The maximum absolute atomic E-state index is 8.63. The maximum Gasteiger partial charge on any atom is 0.196 e. The van der Waals surface area contributed by atoms with Crippen LogP contribution in [0, 0.1) is 15.2 Å². The van der Waals surface area contributed by atoms with Crippen molar-refractivity contribution in [1.82, 2.24) is 19.6 Å². The van der Waals surface area contributed by atoms with Gasteiger partial charge in [-0.1, -0.05) is 42.1 Å². The molecule has 0 bridgehead atoms. The Balaban J connectivity index is 1.76. The molecule has 0 N–H and O–H groups in total. The Hall–Kier alpha value is -1.66. The van der Waals surface area contributed by atoms with Gasteiger partial charge in [0.05, 0.1) is 12.3 Å². The van der Waals surface area contributed by atoms with E-state index in [1.54, 1.807) is 16.3 Å². The van der Waals surface area contributed by atoms with Gasteiger partial charge in [-0.05, 0) is 24.8 Å². The molecule has 0 fully saturated rings. The van der Waals surface area contributed by atoms with Crippen molar-refractivity contribution >= 4 is 40.0 Å². The van der Waals surface area contributed by atoms with Crippen LogP contribution in [-0.2, 0) is 12.2 Å². The van der Waals surface area contributed by atoms with Crippen molar-refractivity contribution in [2.45, 2.75) is 36.6 Å². The van der Waals surface area contributed by atoms with Crippen LogP contribution in [0.25, 0.3) is 5.65 Å². The van der Waals surface area contributed by atoms with Crippen molar-refractivity contribution in [3.8, 4) is 6.07 Å². The lowest BCUT2D eigenvalue weighted by Crippen LogP contribution is -2.02. The summed E-state index contributed by atoms with van der Waals surface area (Å²) in [5.74, 6) is 0.846. The maximum atomic E-state index is 8.63. The molecule has 1 aromatic carbocycles. The molecular formula is C17H16IN5S. The summed E-state index contributed by atoms with van der Waals surface area (Å²) in [5, 5.41) is 13.8. The van der Waals surface area contributed by atoms with Crippen LogP contribution in [0.1, 0.15) is 30.4 Å². The molecule has 3 rings (SSSR count). The summed E-state index contributed by atoms with van der Waals surface area (Å²) in [5.41, 5.74) is 3.25. The molecule has 0 spiro atoms. The number of nitrogens with zero attached hydrogens (tertiary/aromatic N) is 5. The van der Waals surface area contributed by atoms with Crippen molar-refractivity contribution < 1.29 is 0 Å². The Kier molecular flexibility index (Phi) is 6.04. The van der Waals surface area contributed by atoms with Crippen LogP contribution >= 0.6 is 34.4 Å². The first-order valence-corrected chi connectivity index (χ1v) is 9.78. The number of halogens is 1. The third-order valence-corrected chi connectivity index (χ3v) is 5.19. The van der Waals surface area contributed by atoms with Gasteiger partial charge in [-0.15, -0.1) is 0 Å². The summed E-state index contributed by atoms with van der Waals surface area (Å²) in [4.78, 5) is 9.23. The number of thioether (sulfide) groups is 1. The fourth-order valence-corrected chi connectivity index (χ4v) is 3.89. The van der Waals surface area contributed by atoms with Gasteiger partial charge in [-0.2, -0.15) is 19.9 Å². The number of fused-ring (bicyclic) bond motifs is 1. The summed E-state index contributed by atoms with van der Waals surface area (Å²) in [6.07, 6.45) is 5.24. The largest absolute Gasteiger partial charge is 0.203 e. The van der Waals surface area contributed by atoms with E-state index in [4.69, 9.17) is 10.2 Å². The van der Waals surface area contributed by atoms with Gasteiger partial charge in [0.15, 0.2) is 14.6 Å². The standard InChI is InChI=1S/C17H16IN5S/c18-16-22-17(24-12-13-7-3-1-4-8-13)21-15-14(11-20-23(15)16)9-5-2-6-10-19/h1,3-4,7-8,11H,2,5-6,9,12H2. The minimum Gasteiger partial charge on any atom is -0.203 e. The lowest BCUT2D eigenvalue weighted by atomic mass is 10.1. The number of nitriles is 1. The summed E-state index contributed by atoms with van der Waals surface area (Å²) >= 11 is 3.83. The minimum atomic E-state index is 0.601. The quantitative estimate of drug-likeness (QED) is 0.307. The zero-order valence-corrected chi connectivity index (χ0v) is 16.0. The molecule has 5 nitrogen and oxygen atoms in total. The van der Waals surface area contributed by atoms with Gasteiger partial charge in [0.25, 0.3) is 0 Å². The Morgan fingerprint density at radius 3 is 2.79 bits per heavy atom. The van der Waals surface area contributed by atoms with Crippen LogP contribution in [0.3, 0.4) is 0 Å². The molecule has 3 aromatic rings. The third-order valence-electron chi connectivity index (χ3n) is 3.58. The molecule has 0 saturated heterocycles. The van der Waals surface area contributed by atoms with Gasteiger partial charge in [0.1, 0.15) is 0 Å². The van der Waals surface area contributed by atoms with Gasteiger partial charge in [0.2, 0.25) is 0 Å². The number of rotatable bonds is 7. The van der Waals surface area contributed by atoms with E-state index >= 15 is 0 Å². The fraction of sp³-hybridized carbons (Fsp3) is 0.294. The van der Waals surface area contributed by atoms with E-state index in [0.717, 1.165) is 45.2 Å². The molecule has 0 saturated carbocycles. The zero-order chi connectivity index (χ0) is 16.8. The summed E-state index contributed by atoms with van der Waals surface area (Å²) in [6, 6.07) is 12.5. The molecule has 24 heavy (non-hydrogen) atoms. The molecule has 2 aromatic heterocycles. The molecule has 0 atom stereocenters. The lowest BCUT2D eigenvalue weighted by Gasteiger charge is -2.04. The van der Waals surface area contributed by atoms with Crippen molar-refractivity contribution in [3.05, 3.63) is 51.5 Å². The number of unbranched alkanes of at least 4 members (excludes halogenated alkanes) is 2. The number of aryl methyl sites for hydroxylation is 1. The summed E-state index contributed by atoms with van der Waals surface area (Å²) in [7, 11) is 0. The molecule has 0 amide bonds. The van der Waals surface area contributed by atoms with E-state index in [2.05, 4.69) is 50.9 Å². The highest BCUT2D eigenvalue weighted by Gasteiger charge is 2.11. The number of aromatic nitrogens is 4. The molecule has 7 heteroatoms. The average Bonchev–Trinajstić information content (AvgIpc) is 3.01. The minimum absolute atomic E-state index is 0.601.